The first-order chi connectivity index (χ1) is 7.65. The van der Waals surface area contributed by atoms with E-state index in [1.165, 1.54) is 0 Å². The second kappa shape index (κ2) is 4.44. The van der Waals surface area contributed by atoms with Gasteiger partial charge in [-0.1, -0.05) is 0 Å². The minimum Gasteiger partial charge on any atom is -0.363 e. The topological polar surface area (TPSA) is 68.5 Å². The molecule has 0 unspecified atom stereocenters. The van der Waals surface area contributed by atoms with Crippen LogP contribution in [0.4, 0.5) is 5.82 Å². The summed E-state index contributed by atoms with van der Waals surface area (Å²) in [6.45, 7) is 2.41. The number of hydrogen-bond acceptors (Lipinski definition) is 5. The molecule has 1 N–H and O–H groups in total. The number of nitrogens with zero attached hydrogens (tertiary/aromatic N) is 5. The van der Waals surface area contributed by atoms with Gasteiger partial charge in [0.1, 0.15) is 12.1 Å². The first-order valence-corrected chi connectivity index (χ1v) is 5.11. The van der Waals surface area contributed by atoms with Crippen LogP contribution in [0.25, 0.3) is 0 Å². The second-order valence-corrected chi connectivity index (χ2v) is 3.71. The third kappa shape index (κ3) is 2.46. The summed E-state index contributed by atoms with van der Waals surface area (Å²) in [5.74, 6) is 1.51. The average molecular weight is 239 g/mol. The van der Waals surface area contributed by atoms with Crippen molar-refractivity contribution in [3.63, 3.8) is 0 Å². The van der Waals surface area contributed by atoms with Gasteiger partial charge in [0.25, 0.3) is 0 Å². The van der Waals surface area contributed by atoms with Crippen LogP contribution in [-0.4, -0.2) is 24.7 Å². The summed E-state index contributed by atoms with van der Waals surface area (Å²) in [5.41, 5.74) is 0.820. The molecule has 0 spiro atoms. The summed E-state index contributed by atoms with van der Waals surface area (Å²) in [4.78, 5) is 8.03. The van der Waals surface area contributed by atoms with E-state index in [-0.39, 0.29) is 5.28 Å². The fourth-order valence-corrected chi connectivity index (χ4v) is 1.48. The monoisotopic (exact) mass is 238 g/mol. The number of nitrogens with one attached hydrogen (secondary N) is 1. The first-order valence-electron chi connectivity index (χ1n) is 4.73. The standard InChI is InChI=1S/C9H11ClN6/c1-6-3-7(14-9(10)13-6)11-4-8-15-12-5-16(8)2/h3,5H,4H2,1-2H3,(H,11,13,14). The molecular weight excluding hydrogens is 228 g/mol. The number of hydrogen-bond donors (Lipinski definition) is 1. The van der Waals surface area contributed by atoms with Crippen LogP contribution >= 0.6 is 11.6 Å². The van der Waals surface area contributed by atoms with Crippen molar-refractivity contribution in [1.82, 2.24) is 24.7 Å². The SMILES string of the molecule is Cc1cc(NCc2nncn2C)nc(Cl)n1. The predicted molar refractivity (Wildman–Crippen MR) is 60.1 cm³/mol. The molecule has 0 fully saturated rings. The van der Waals surface area contributed by atoms with E-state index in [0.717, 1.165) is 11.5 Å². The number of rotatable bonds is 3. The highest BCUT2D eigenvalue weighted by atomic mass is 35.5. The Morgan fingerprint density at radius 2 is 2.25 bits per heavy atom. The van der Waals surface area contributed by atoms with E-state index in [4.69, 9.17) is 11.6 Å². The van der Waals surface area contributed by atoms with Gasteiger partial charge in [-0.15, -0.1) is 10.2 Å². The minimum absolute atomic E-state index is 0.237. The molecule has 0 saturated heterocycles. The van der Waals surface area contributed by atoms with Crippen LogP contribution in [0.15, 0.2) is 12.4 Å². The van der Waals surface area contributed by atoms with Crippen LogP contribution in [-0.2, 0) is 13.6 Å². The Labute approximate surface area is 97.7 Å². The Morgan fingerprint density at radius 3 is 2.88 bits per heavy atom. The Bertz CT molecular complexity index is 474. The van der Waals surface area contributed by atoms with E-state index < -0.39 is 0 Å². The maximum atomic E-state index is 5.75. The summed E-state index contributed by atoms with van der Waals surface area (Å²) in [6, 6.07) is 1.82. The zero-order chi connectivity index (χ0) is 11.5. The van der Waals surface area contributed by atoms with Crippen LogP contribution in [0.5, 0.6) is 0 Å². The Kier molecular flexibility index (Phi) is 3.00. The van der Waals surface area contributed by atoms with E-state index in [0.29, 0.717) is 12.4 Å². The maximum Gasteiger partial charge on any atom is 0.224 e. The molecule has 0 bridgehead atoms. The van der Waals surface area contributed by atoms with Crippen molar-refractivity contribution in [2.75, 3.05) is 5.32 Å². The van der Waals surface area contributed by atoms with Gasteiger partial charge >= 0.3 is 0 Å². The third-order valence-electron chi connectivity index (χ3n) is 2.06. The van der Waals surface area contributed by atoms with Crippen molar-refractivity contribution in [2.45, 2.75) is 13.5 Å². The highest BCUT2D eigenvalue weighted by molar-refractivity contribution is 6.28. The van der Waals surface area contributed by atoms with Crippen LogP contribution in [0.2, 0.25) is 5.28 Å². The van der Waals surface area contributed by atoms with Crippen molar-refractivity contribution in [3.05, 3.63) is 29.2 Å². The van der Waals surface area contributed by atoms with Crippen molar-refractivity contribution in [2.24, 2.45) is 7.05 Å². The molecular formula is C9H11ClN6. The van der Waals surface area contributed by atoms with Gasteiger partial charge in [0, 0.05) is 18.8 Å². The molecule has 7 heteroatoms. The molecule has 0 saturated carbocycles. The molecule has 0 aliphatic carbocycles. The summed E-state index contributed by atoms with van der Waals surface area (Å²) >= 11 is 5.75. The van der Waals surface area contributed by atoms with Crippen LogP contribution < -0.4 is 5.32 Å². The number of aryl methyl sites for hydroxylation is 2. The van der Waals surface area contributed by atoms with Crippen LogP contribution in [0.3, 0.4) is 0 Å². The van der Waals surface area contributed by atoms with E-state index in [1.807, 2.05) is 24.6 Å². The van der Waals surface area contributed by atoms with Gasteiger partial charge in [0.15, 0.2) is 5.82 Å². The zero-order valence-corrected chi connectivity index (χ0v) is 9.73. The van der Waals surface area contributed by atoms with E-state index >= 15 is 0 Å². The van der Waals surface area contributed by atoms with Crippen molar-refractivity contribution in [3.8, 4) is 0 Å². The molecule has 0 radical (unpaired) electrons. The molecule has 6 nitrogen and oxygen atoms in total. The van der Waals surface area contributed by atoms with Gasteiger partial charge in [0.05, 0.1) is 6.54 Å². The molecule has 2 aromatic heterocycles. The van der Waals surface area contributed by atoms with Gasteiger partial charge in [-0.25, -0.2) is 9.97 Å². The predicted octanol–water partition coefficient (Wildman–Crippen LogP) is 1.18. The van der Waals surface area contributed by atoms with Gasteiger partial charge in [-0.2, -0.15) is 0 Å². The van der Waals surface area contributed by atoms with E-state index in [2.05, 4.69) is 25.5 Å². The normalized spacial score (nSPS) is 10.4. The highest BCUT2D eigenvalue weighted by Gasteiger charge is 2.02. The molecule has 0 atom stereocenters. The Hall–Kier alpha value is -1.69. The Balaban J connectivity index is 2.07. The van der Waals surface area contributed by atoms with E-state index in [1.54, 1.807) is 6.33 Å². The molecule has 84 valence electrons. The maximum absolute atomic E-state index is 5.75. The number of anilines is 1. The summed E-state index contributed by atoms with van der Waals surface area (Å²) in [7, 11) is 1.88. The van der Waals surface area contributed by atoms with E-state index in [9.17, 15) is 0 Å². The molecule has 2 aromatic rings. The minimum atomic E-state index is 0.237. The van der Waals surface area contributed by atoms with Crippen molar-refractivity contribution >= 4 is 17.4 Å². The van der Waals surface area contributed by atoms with Crippen molar-refractivity contribution < 1.29 is 0 Å². The molecule has 0 aliphatic rings. The molecule has 2 rings (SSSR count). The first kappa shape index (κ1) is 10.8. The van der Waals surface area contributed by atoms with Gasteiger partial charge in [-0.3, -0.25) is 0 Å². The molecule has 16 heavy (non-hydrogen) atoms. The van der Waals surface area contributed by atoms with Gasteiger partial charge in [-0.05, 0) is 18.5 Å². The highest BCUT2D eigenvalue weighted by Crippen LogP contribution is 2.10. The summed E-state index contributed by atoms with van der Waals surface area (Å²) in [5, 5.41) is 11.1. The zero-order valence-electron chi connectivity index (χ0n) is 8.98. The fourth-order valence-electron chi connectivity index (χ4n) is 1.26. The largest absolute Gasteiger partial charge is 0.363 e. The van der Waals surface area contributed by atoms with Crippen molar-refractivity contribution in [1.29, 1.82) is 0 Å². The molecule has 0 aliphatic heterocycles. The average Bonchev–Trinajstić information content (AvgIpc) is 2.59. The smallest absolute Gasteiger partial charge is 0.224 e. The summed E-state index contributed by atoms with van der Waals surface area (Å²) in [6.07, 6.45) is 1.65. The number of aromatic nitrogens is 5. The third-order valence-corrected chi connectivity index (χ3v) is 2.23. The second-order valence-electron chi connectivity index (χ2n) is 3.38. The lowest BCUT2D eigenvalue weighted by Gasteiger charge is -2.05. The summed E-state index contributed by atoms with van der Waals surface area (Å²) < 4.78 is 1.84. The molecule has 2 heterocycles. The lowest BCUT2D eigenvalue weighted by atomic mass is 10.4. The van der Waals surface area contributed by atoms with Crippen LogP contribution in [0, 0.1) is 6.92 Å². The van der Waals surface area contributed by atoms with Gasteiger partial charge in [0.2, 0.25) is 5.28 Å². The lowest BCUT2D eigenvalue weighted by Crippen LogP contribution is -2.07. The quantitative estimate of drug-likeness (QED) is 0.814. The van der Waals surface area contributed by atoms with Gasteiger partial charge < -0.3 is 9.88 Å². The lowest BCUT2D eigenvalue weighted by molar-refractivity contribution is 0.809. The molecule has 0 aromatic carbocycles. The fraction of sp³-hybridized carbons (Fsp3) is 0.333. The van der Waals surface area contributed by atoms with Crippen LogP contribution in [0.1, 0.15) is 11.5 Å². The molecule has 0 amide bonds. The Morgan fingerprint density at radius 1 is 1.44 bits per heavy atom. The number of halogens is 1.